The van der Waals surface area contributed by atoms with Gasteiger partial charge in [0.1, 0.15) is 11.6 Å². The van der Waals surface area contributed by atoms with Crippen LogP contribution in [0.4, 0.5) is 13.2 Å². The van der Waals surface area contributed by atoms with Crippen molar-refractivity contribution in [3.8, 4) is 11.4 Å². The summed E-state index contributed by atoms with van der Waals surface area (Å²) in [6.45, 7) is 3.50. The molecule has 0 spiro atoms. The Morgan fingerprint density at radius 1 is 1.22 bits per heavy atom. The van der Waals surface area contributed by atoms with Crippen LogP contribution >= 0.6 is 11.6 Å². The van der Waals surface area contributed by atoms with Crippen LogP contribution < -0.4 is 5.56 Å². The number of rotatable bonds is 5. The molecular formula is C18H18ClF3N4O. The zero-order valence-corrected chi connectivity index (χ0v) is 15.5. The van der Waals surface area contributed by atoms with Gasteiger partial charge in [0.05, 0.1) is 5.92 Å². The third-order valence-corrected chi connectivity index (χ3v) is 4.70. The molecule has 0 saturated heterocycles. The first-order chi connectivity index (χ1) is 12.7. The van der Waals surface area contributed by atoms with Crippen LogP contribution in [-0.2, 0) is 13.0 Å². The maximum Gasteiger partial charge on any atom is 0.391 e. The van der Waals surface area contributed by atoms with Crippen molar-refractivity contribution in [2.45, 2.75) is 39.4 Å². The third kappa shape index (κ3) is 4.00. The van der Waals surface area contributed by atoms with Crippen LogP contribution in [-0.4, -0.2) is 25.7 Å². The van der Waals surface area contributed by atoms with Crippen LogP contribution in [0.3, 0.4) is 0 Å². The van der Waals surface area contributed by atoms with Gasteiger partial charge in [-0.3, -0.25) is 4.79 Å². The van der Waals surface area contributed by atoms with Crippen molar-refractivity contribution < 1.29 is 13.2 Å². The summed E-state index contributed by atoms with van der Waals surface area (Å²) in [6.07, 6.45) is -4.39. The predicted octanol–water partition coefficient (Wildman–Crippen LogP) is 4.59. The number of aromatic amines is 1. The number of nitrogens with zero attached hydrogens (tertiary/aromatic N) is 3. The van der Waals surface area contributed by atoms with Crippen molar-refractivity contribution in [2.75, 3.05) is 0 Å². The Hall–Kier alpha value is -2.35. The monoisotopic (exact) mass is 398 g/mol. The summed E-state index contributed by atoms with van der Waals surface area (Å²) >= 11 is 5.92. The smallest absolute Gasteiger partial charge is 0.309 e. The molecule has 0 aliphatic rings. The molecule has 2 aromatic heterocycles. The van der Waals surface area contributed by atoms with Gasteiger partial charge in [0.25, 0.3) is 5.56 Å². The fraction of sp³-hybridized carbons (Fsp3) is 0.389. The Kier molecular flexibility index (Phi) is 5.28. The molecule has 0 bridgehead atoms. The van der Waals surface area contributed by atoms with Crippen LogP contribution in [0, 0.1) is 5.92 Å². The summed E-state index contributed by atoms with van der Waals surface area (Å²) in [6, 6.07) is 7.02. The summed E-state index contributed by atoms with van der Waals surface area (Å²) in [4.78, 5) is 23.7. The number of halogens is 4. The number of hydrogen-bond acceptors (Lipinski definition) is 3. The molecule has 0 amide bonds. The van der Waals surface area contributed by atoms with E-state index >= 15 is 0 Å². The van der Waals surface area contributed by atoms with Crippen molar-refractivity contribution in [3.63, 3.8) is 0 Å². The Labute approximate surface area is 158 Å². The van der Waals surface area contributed by atoms with E-state index in [4.69, 9.17) is 11.6 Å². The van der Waals surface area contributed by atoms with Crippen LogP contribution in [0.15, 0.2) is 29.1 Å². The molecule has 3 rings (SSSR count). The number of imidazole rings is 1. The van der Waals surface area contributed by atoms with E-state index < -0.39 is 17.7 Å². The van der Waals surface area contributed by atoms with Gasteiger partial charge in [-0.25, -0.2) is 9.97 Å². The highest BCUT2D eigenvalue weighted by Crippen LogP contribution is 2.29. The maximum absolute atomic E-state index is 12.7. The van der Waals surface area contributed by atoms with E-state index in [1.807, 2.05) is 6.92 Å². The minimum absolute atomic E-state index is 0.0248. The molecule has 1 unspecified atom stereocenters. The van der Waals surface area contributed by atoms with Gasteiger partial charge in [-0.2, -0.15) is 13.2 Å². The number of H-pyrrole nitrogens is 1. The normalized spacial score (nSPS) is 13.3. The van der Waals surface area contributed by atoms with E-state index in [1.54, 1.807) is 28.8 Å². The summed E-state index contributed by atoms with van der Waals surface area (Å²) in [5.74, 6) is -0.692. The van der Waals surface area contributed by atoms with Crippen LogP contribution in [0.2, 0.25) is 5.02 Å². The first kappa shape index (κ1) is 19.4. The molecule has 1 aromatic carbocycles. The molecule has 0 aliphatic heterocycles. The second-order valence-electron chi connectivity index (χ2n) is 6.35. The molecule has 0 saturated carbocycles. The van der Waals surface area contributed by atoms with Crippen LogP contribution in [0.1, 0.15) is 26.1 Å². The zero-order chi connectivity index (χ0) is 19.8. The van der Waals surface area contributed by atoms with Crippen molar-refractivity contribution in [1.29, 1.82) is 0 Å². The van der Waals surface area contributed by atoms with E-state index in [9.17, 15) is 18.0 Å². The Bertz CT molecular complexity index is 1010. The van der Waals surface area contributed by atoms with E-state index in [1.165, 1.54) is 0 Å². The molecule has 1 atom stereocenters. The minimum atomic E-state index is -4.27. The SMILES string of the molecule is CCn1c(-c2ccc(Cl)cc2)nc2c(=O)[nH]c(CCC(C)C(F)(F)F)nc21. The van der Waals surface area contributed by atoms with Gasteiger partial charge < -0.3 is 9.55 Å². The van der Waals surface area contributed by atoms with Gasteiger partial charge in [0, 0.05) is 23.6 Å². The first-order valence-electron chi connectivity index (χ1n) is 8.52. The summed E-state index contributed by atoms with van der Waals surface area (Å²) in [5.41, 5.74) is 0.832. The number of alkyl halides is 3. The molecule has 9 heteroatoms. The average molecular weight is 399 g/mol. The number of fused-ring (bicyclic) bond motifs is 1. The molecule has 1 N–H and O–H groups in total. The summed E-state index contributed by atoms with van der Waals surface area (Å²) in [7, 11) is 0. The lowest BCUT2D eigenvalue weighted by molar-refractivity contribution is -0.171. The van der Waals surface area contributed by atoms with E-state index in [0.717, 1.165) is 12.5 Å². The minimum Gasteiger partial charge on any atom is -0.309 e. The largest absolute Gasteiger partial charge is 0.391 e. The van der Waals surface area contributed by atoms with E-state index in [2.05, 4.69) is 15.0 Å². The highest BCUT2D eigenvalue weighted by molar-refractivity contribution is 6.30. The van der Waals surface area contributed by atoms with Crippen molar-refractivity contribution in [3.05, 3.63) is 45.5 Å². The number of aromatic nitrogens is 4. The molecular weight excluding hydrogens is 381 g/mol. The maximum atomic E-state index is 12.7. The number of nitrogens with one attached hydrogen (secondary N) is 1. The van der Waals surface area contributed by atoms with Gasteiger partial charge in [0.15, 0.2) is 11.2 Å². The first-order valence-corrected chi connectivity index (χ1v) is 8.90. The molecule has 0 radical (unpaired) electrons. The van der Waals surface area contributed by atoms with Gasteiger partial charge in [-0.05, 0) is 37.6 Å². The van der Waals surface area contributed by atoms with E-state index in [0.29, 0.717) is 23.0 Å². The van der Waals surface area contributed by atoms with Gasteiger partial charge in [-0.1, -0.05) is 18.5 Å². The Balaban J connectivity index is 2.01. The summed E-state index contributed by atoms with van der Waals surface area (Å²) < 4.78 is 39.9. The lowest BCUT2D eigenvalue weighted by Crippen LogP contribution is -2.21. The Morgan fingerprint density at radius 3 is 2.48 bits per heavy atom. The lowest BCUT2D eigenvalue weighted by Gasteiger charge is -2.14. The second-order valence-corrected chi connectivity index (χ2v) is 6.79. The standard InChI is InChI=1S/C18H18ClF3N4O/c1-3-26-15(11-5-7-12(19)8-6-11)25-14-16(26)23-13(24-17(14)27)9-4-10(2)18(20,21)22/h5-8,10H,3-4,9H2,1-2H3,(H,23,24,27). The third-order valence-electron chi connectivity index (χ3n) is 4.45. The fourth-order valence-electron chi connectivity index (χ4n) is 2.81. The highest BCUT2D eigenvalue weighted by atomic mass is 35.5. The molecule has 144 valence electrons. The van der Waals surface area contributed by atoms with Crippen LogP contribution in [0.5, 0.6) is 0 Å². The van der Waals surface area contributed by atoms with Crippen LogP contribution in [0.25, 0.3) is 22.6 Å². The van der Waals surface area contributed by atoms with Crippen molar-refractivity contribution in [1.82, 2.24) is 19.5 Å². The summed E-state index contributed by atoms with van der Waals surface area (Å²) in [5, 5.41) is 0.579. The molecule has 3 aromatic rings. The van der Waals surface area contributed by atoms with Gasteiger partial charge in [0.2, 0.25) is 0 Å². The van der Waals surface area contributed by atoms with Gasteiger partial charge in [-0.15, -0.1) is 0 Å². The van der Waals surface area contributed by atoms with Gasteiger partial charge >= 0.3 is 6.18 Å². The molecule has 27 heavy (non-hydrogen) atoms. The number of aryl methyl sites for hydroxylation is 2. The Morgan fingerprint density at radius 2 is 1.89 bits per heavy atom. The molecule has 0 fully saturated rings. The molecule has 5 nitrogen and oxygen atoms in total. The lowest BCUT2D eigenvalue weighted by atomic mass is 10.1. The number of hydrogen-bond donors (Lipinski definition) is 1. The van der Waals surface area contributed by atoms with Crippen molar-refractivity contribution in [2.24, 2.45) is 5.92 Å². The fourth-order valence-corrected chi connectivity index (χ4v) is 2.94. The van der Waals surface area contributed by atoms with Crippen molar-refractivity contribution >= 4 is 22.8 Å². The second kappa shape index (κ2) is 7.34. The molecule has 2 heterocycles. The highest BCUT2D eigenvalue weighted by Gasteiger charge is 2.35. The topological polar surface area (TPSA) is 63.6 Å². The number of benzene rings is 1. The van der Waals surface area contributed by atoms with E-state index in [-0.39, 0.29) is 24.2 Å². The predicted molar refractivity (Wildman–Crippen MR) is 97.8 cm³/mol. The zero-order valence-electron chi connectivity index (χ0n) is 14.8. The molecule has 0 aliphatic carbocycles. The quantitative estimate of drug-likeness (QED) is 0.683. The average Bonchev–Trinajstić information content (AvgIpc) is 2.98.